The van der Waals surface area contributed by atoms with Gasteiger partial charge in [-0.3, -0.25) is 4.79 Å². The second-order valence-electron chi connectivity index (χ2n) is 5.05. The first-order valence-corrected chi connectivity index (χ1v) is 6.59. The van der Waals surface area contributed by atoms with E-state index < -0.39 is 0 Å². The van der Waals surface area contributed by atoms with Crippen molar-refractivity contribution >= 4 is 5.78 Å². The van der Waals surface area contributed by atoms with E-state index in [4.69, 9.17) is 5.73 Å². The fourth-order valence-electron chi connectivity index (χ4n) is 2.18. The van der Waals surface area contributed by atoms with Gasteiger partial charge in [0.05, 0.1) is 0 Å². The van der Waals surface area contributed by atoms with E-state index in [0.717, 1.165) is 17.9 Å². The molecule has 0 spiro atoms. The van der Waals surface area contributed by atoms with Crippen molar-refractivity contribution in [1.82, 2.24) is 0 Å². The molecule has 0 bridgehead atoms. The lowest BCUT2D eigenvalue weighted by atomic mass is 9.80. The van der Waals surface area contributed by atoms with Crippen LogP contribution in [0.2, 0.25) is 0 Å². The van der Waals surface area contributed by atoms with Gasteiger partial charge in [-0.2, -0.15) is 0 Å². The van der Waals surface area contributed by atoms with E-state index in [0.29, 0.717) is 6.42 Å². The fourth-order valence-corrected chi connectivity index (χ4v) is 2.18. The largest absolute Gasteiger partial charge is 0.327 e. The Morgan fingerprint density at radius 3 is 2.47 bits per heavy atom. The molecule has 1 saturated carbocycles. The summed E-state index contributed by atoms with van der Waals surface area (Å²) in [7, 11) is 0. The summed E-state index contributed by atoms with van der Waals surface area (Å²) in [6.07, 6.45) is 5.25. The summed E-state index contributed by atoms with van der Waals surface area (Å²) in [6.45, 7) is 2.01. The third kappa shape index (κ3) is 2.95. The Morgan fingerprint density at radius 2 is 2.00 bits per heavy atom. The SMILES string of the molecule is CCC(N)CC(=O)c1ccc(C2CCC2)cc1. The molecule has 0 aromatic heterocycles. The second kappa shape index (κ2) is 5.46. The monoisotopic (exact) mass is 231 g/mol. The minimum atomic E-state index is -0.00573. The Hall–Kier alpha value is -1.15. The molecule has 0 aliphatic heterocycles. The molecule has 0 saturated heterocycles. The Labute approximate surface area is 103 Å². The molecule has 2 N–H and O–H groups in total. The zero-order valence-electron chi connectivity index (χ0n) is 10.5. The molecule has 92 valence electrons. The van der Waals surface area contributed by atoms with Crippen molar-refractivity contribution < 1.29 is 4.79 Å². The van der Waals surface area contributed by atoms with Gasteiger partial charge in [-0.1, -0.05) is 37.6 Å². The minimum Gasteiger partial charge on any atom is -0.327 e. The maximum atomic E-state index is 11.9. The molecule has 1 unspecified atom stereocenters. The van der Waals surface area contributed by atoms with Crippen LogP contribution in [0, 0.1) is 0 Å². The van der Waals surface area contributed by atoms with Crippen molar-refractivity contribution in [2.24, 2.45) is 5.73 Å². The van der Waals surface area contributed by atoms with Crippen molar-refractivity contribution in [3.05, 3.63) is 35.4 Å². The van der Waals surface area contributed by atoms with Crippen LogP contribution < -0.4 is 5.73 Å². The first-order valence-electron chi connectivity index (χ1n) is 6.59. The highest BCUT2D eigenvalue weighted by atomic mass is 16.1. The summed E-state index contributed by atoms with van der Waals surface area (Å²) in [6, 6.07) is 8.12. The molecular formula is C15H21NO. The molecule has 1 aliphatic carbocycles. The molecule has 0 amide bonds. The van der Waals surface area contributed by atoms with Gasteiger partial charge in [-0.05, 0) is 30.7 Å². The summed E-state index contributed by atoms with van der Waals surface area (Å²) in [5.41, 5.74) is 7.98. The number of benzene rings is 1. The molecule has 1 aromatic carbocycles. The molecule has 2 nitrogen and oxygen atoms in total. The third-order valence-corrected chi connectivity index (χ3v) is 3.78. The molecule has 0 radical (unpaired) electrons. The van der Waals surface area contributed by atoms with E-state index in [1.165, 1.54) is 24.8 Å². The van der Waals surface area contributed by atoms with Crippen LogP contribution in [0.5, 0.6) is 0 Å². The second-order valence-corrected chi connectivity index (χ2v) is 5.05. The van der Waals surface area contributed by atoms with Gasteiger partial charge in [-0.15, -0.1) is 0 Å². The maximum Gasteiger partial charge on any atom is 0.164 e. The number of nitrogens with two attached hydrogens (primary N) is 1. The van der Waals surface area contributed by atoms with Crippen molar-refractivity contribution in [3.63, 3.8) is 0 Å². The molecule has 1 aliphatic rings. The van der Waals surface area contributed by atoms with Gasteiger partial charge in [0.2, 0.25) is 0 Å². The lowest BCUT2D eigenvalue weighted by Gasteiger charge is -2.25. The highest BCUT2D eigenvalue weighted by Gasteiger charge is 2.19. The molecule has 17 heavy (non-hydrogen) atoms. The van der Waals surface area contributed by atoms with Crippen LogP contribution in [0.15, 0.2) is 24.3 Å². The van der Waals surface area contributed by atoms with E-state index in [2.05, 4.69) is 12.1 Å². The predicted molar refractivity (Wildman–Crippen MR) is 70.2 cm³/mol. The summed E-state index contributed by atoms with van der Waals surface area (Å²) >= 11 is 0. The van der Waals surface area contributed by atoms with Crippen LogP contribution >= 0.6 is 0 Å². The highest BCUT2D eigenvalue weighted by molar-refractivity contribution is 5.96. The molecular weight excluding hydrogens is 210 g/mol. The summed E-state index contributed by atoms with van der Waals surface area (Å²) < 4.78 is 0. The fraction of sp³-hybridized carbons (Fsp3) is 0.533. The number of hydrogen-bond donors (Lipinski definition) is 1. The topological polar surface area (TPSA) is 43.1 Å². The number of hydrogen-bond acceptors (Lipinski definition) is 2. The lowest BCUT2D eigenvalue weighted by molar-refractivity contribution is 0.0974. The Morgan fingerprint density at radius 1 is 1.35 bits per heavy atom. The highest BCUT2D eigenvalue weighted by Crippen LogP contribution is 2.36. The molecule has 0 heterocycles. The number of ketones is 1. The maximum absolute atomic E-state index is 11.9. The van der Waals surface area contributed by atoms with Crippen LogP contribution in [0.25, 0.3) is 0 Å². The van der Waals surface area contributed by atoms with Gasteiger partial charge in [-0.25, -0.2) is 0 Å². The third-order valence-electron chi connectivity index (χ3n) is 3.78. The van der Waals surface area contributed by atoms with E-state index in [-0.39, 0.29) is 11.8 Å². The van der Waals surface area contributed by atoms with Gasteiger partial charge in [0, 0.05) is 18.0 Å². The summed E-state index contributed by atoms with van der Waals surface area (Å²) in [5.74, 6) is 0.900. The van der Waals surface area contributed by atoms with E-state index >= 15 is 0 Å². The predicted octanol–water partition coefficient (Wildman–Crippen LogP) is 3.26. The Balaban J connectivity index is 1.99. The number of carbonyl (C=O) groups excluding carboxylic acids is 1. The average molecular weight is 231 g/mol. The van der Waals surface area contributed by atoms with Crippen molar-refractivity contribution in [1.29, 1.82) is 0 Å². The first kappa shape index (κ1) is 12.3. The molecule has 1 aromatic rings. The zero-order chi connectivity index (χ0) is 12.3. The van der Waals surface area contributed by atoms with Crippen LogP contribution in [0.1, 0.15) is 60.9 Å². The van der Waals surface area contributed by atoms with Gasteiger partial charge in [0.15, 0.2) is 5.78 Å². The minimum absolute atomic E-state index is 0.00573. The van der Waals surface area contributed by atoms with Crippen LogP contribution in [-0.4, -0.2) is 11.8 Å². The molecule has 1 atom stereocenters. The van der Waals surface area contributed by atoms with Gasteiger partial charge >= 0.3 is 0 Å². The number of rotatable bonds is 5. The lowest BCUT2D eigenvalue weighted by Crippen LogP contribution is -2.22. The van der Waals surface area contributed by atoms with Gasteiger partial charge in [0.25, 0.3) is 0 Å². The number of Topliss-reactive ketones (excluding diaryl/α,β-unsaturated/α-hetero) is 1. The quantitative estimate of drug-likeness (QED) is 0.790. The molecule has 2 heteroatoms. The molecule has 2 rings (SSSR count). The van der Waals surface area contributed by atoms with E-state index in [1.54, 1.807) is 0 Å². The van der Waals surface area contributed by atoms with Crippen molar-refractivity contribution in [3.8, 4) is 0 Å². The Kier molecular flexibility index (Phi) is 3.95. The van der Waals surface area contributed by atoms with E-state index in [1.807, 2.05) is 19.1 Å². The average Bonchev–Trinajstić information content (AvgIpc) is 2.27. The molecule has 1 fully saturated rings. The standard InChI is InChI=1S/C15H21NO/c1-2-14(16)10-15(17)13-8-6-12(7-9-13)11-4-3-5-11/h6-9,11,14H,2-5,10,16H2,1H3. The van der Waals surface area contributed by atoms with Crippen molar-refractivity contribution in [2.75, 3.05) is 0 Å². The Bertz CT molecular complexity index is 378. The summed E-state index contributed by atoms with van der Waals surface area (Å²) in [4.78, 5) is 11.9. The number of carbonyl (C=O) groups is 1. The van der Waals surface area contributed by atoms with Gasteiger partial charge in [0.1, 0.15) is 0 Å². The van der Waals surface area contributed by atoms with Crippen LogP contribution in [0.4, 0.5) is 0 Å². The van der Waals surface area contributed by atoms with Crippen molar-refractivity contribution in [2.45, 2.75) is 51.0 Å². The van der Waals surface area contributed by atoms with Crippen LogP contribution in [-0.2, 0) is 0 Å². The first-order chi connectivity index (χ1) is 8.20. The van der Waals surface area contributed by atoms with Crippen LogP contribution in [0.3, 0.4) is 0 Å². The van der Waals surface area contributed by atoms with E-state index in [9.17, 15) is 4.79 Å². The zero-order valence-corrected chi connectivity index (χ0v) is 10.5. The summed E-state index contributed by atoms with van der Waals surface area (Å²) in [5, 5.41) is 0. The smallest absolute Gasteiger partial charge is 0.164 e. The normalized spacial score (nSPS) is 17.5. The van der Waals surface area contributed by atoms with Gasteiger partial charge < -0.3 is 5.73 Å².